The number of piperidine rings is 1. The highest BCUT2D eigenvalue weighted by Crippen LogP contribution is 2.28. The lowest BCUT2D eigenvalue weighted by Gasteiger charge is -2.31. The molecule has 2 aliphatic rings. The maximum absolute atomic E-state index is 12.7. The zero-order chi connectivity index (χ0) is 18.0. The smallest absolute Gasteiger partial charge is 0.306 e. The predicted molar refractivity (Wildman–Crippen MR) is 93.2 cm³/mol. The van der Waals surface area contributed by atoms with Gasteiger partial charge in [-0.2, -0.15) is 0 Å². The topological polar surface area (TPSA) is 77.9 Å². The Morgan fingerprint density at radius 2 is 1.76 bits per heavy atom. The van der Waals surface area contributed by atoms with Crippen molar-refractivity contribution in [1.82, 2.24) is 4.90 Å². The molecule has 2 heterocycles. The number of aliphatic carboxylic acids is 1. The number of hydrogen-bond donors (Lipinski definition) is 1. The lowest BCUT2D eigenvalue weighted by molar-refractivity contribution is -0.146. The fourth-order valence-electron chi connectivity index (χ4n) is 3.64. The number of carbonyl (C=O) groups is 3. The Bertz CT molecular complexity index is 663. The molecule has 2 saturated heterocycles. The summed E-state index contributed by atoms with van der Waals surface area (Å²) in [5, 5.41) is 9.05. The van der Waals surface area contributed by atoms with Gasteiger partial charge in [-0.05, 0) is 37.0 Å². The maximum atomic E-state index is 12.7. The second-order valence-electron chi connectivity index (χ2n) is 6.86. The number of likely N-dealkylation sites (tertiary alicyclic amines) is 1. The number of rotatable bonds is 4. The Hall–Kier alpha value is -2.37. The van der Waals surface area contributed by atoms with E-state index >= 15 is 0 Å². The summed E-state index contributed by atoms with van der Waals surface area (Å²) >= 11 is 0. The Balaban J connectivity index is 1.62. The minimum Gasteiger partial charge on any atom is -0.481 e. The highest BCUT2D eigenvalue weighted by Gasteiger charge is 2.38. The van der Waals surface area contributed by atoms with Gasteiger partial charge in [0.15, 0.2) is 0 Å². The van der Waals surface area contributed by atoms with Crippen LogP contribution in [0.15, 0.2) is 24.3 Å². The van der Waals surface area contributed by atoms with Gasteiger partial charge in [0.05, 0.1) is 11.8 Å². The number of carboxylic acids is 1. The summed E-state index contributed by atoms with van der Waals surface area (Å²) in [6.07, 6.45) is 2.16. The average Bonchev–Trinajstić information content (AvgIpc) is 3.03. The van der Waals surface area contributed by atoms with E-state index in [0.29, 0.717) is 32.5 Å². The first-order valence-corrected chi connectivity index (χ1v) is 8.90. The molecule has 3 rings (SSSR count). The Morgan fingerprint density at radius 1 is 1.12 bits per heavy atom. The van der Waals surface area contributed by atoms with Crippen molar-refractivity contribution >= 4 is 23.5 Å². The second-order valence-corrected chi connectivity index (χ2v) is 6.86. The molecule has 2 amide bonds. The standard InChI is InChI=1S/C19H24N2O4/c1-2-13-3-5-16(6-4-13)21-12-15(11-17(21)22)18(23)20-9-7-14(8-10-20)19(24)25/h3-6,14-15H,2,7-12H2,1H3,(H,24,25)/t15-/m0/s1. The highest BCUT2D eigenvalue weighted by atomic mass is 16.4. The number of anilines is 1. The summed E-state index contributed by atoms with van der Waals surface area (Å²) in [5.41, 5.74) is 2.05. The third-order valence-corrected chi connectivity index (χ3v) is 5.29. The van der Waals surface area contributed by atoms with Crippen molar-refractivity contribution in [3.8, 4) is 0 Å². The fraction of sp³-hybridized carbons (Fsp3) is 0.526. The summed E-state index contributed by atoms with van der Waals surface area (Å²) in [6, 6.07) is 7.88. The molecular weight excluding hydrogens is 320 g/mol. The largest absolute Gasteiger partial charge is 0.481 e. The van der Waals surface area contributed by atoms with Gasteiger partial charge in [-0.25, -0.2) is 0 Å². The Labute approximate surface area is 147 Å². The predicted octanol–water partition coefficient (Wildman–Crippen LogP) is 1.93. The molecule has 0 aliphatic carbocycles. The monoisotopic (exact) mass is 344 g/mol. The number of carboxylic acid groups (broad SMARTS) is 1. The van der Waals surface area contributed by atoms with E-state index in [1.165, 1.54) is 5.56 Å². The number of carbonyl (C=O) groups excluding carboxylic acids is 2. The molecule has 2 aliphatic heterocycles. The van der Waals surface area contributed by atoms with Crippen LogP contribution in [0.4, 0.5) is 5.69 Å². The number of aryl methyl sites for hydroxylation is 1. The molecule has 1 aromatic rings. The van der Waals surface area contributed by atoms with Crippen molar-refractivity contribution < 1.29 is 19.5 Å². The van der Waals surface area contributed by atoms with Gasteiger partial charge in [0.25, 0.3) is 0 Å². The van der Waals surface area contributed by atoms with E-state index in [9.17, 15) is 14.4 Å². The highest BCUT2D eigenvalue weighted by molar-refractivity contribution is 6.00. The van der Waals surface area contributed by atoms with Crippen molar-refractivity contribution in [2.75, 3.05) is 24.5 Å². The van der Waals surface area contributed by atoms with Crippen LogP contribution >= 0.6 is 0 Å². The van der Waals surface area contributed by atoms with E-state index in [2.05, 4.69) is 6.92 Å². The Morgan fingerprint density at radius 3 is 2.32 bits per heavy atom. The van der Waals surface area contributed by atoms with Gasteiger partial charge in [0.2, 0.25) is 11.8 Å². The molecule has 1 atom stereocenters. The molecule has 0 unspecified atom stereocenters. The minimum atomic E-state index is -0.787. The van der Waals surface area contributed by atoms with Gasteiger partial charge in [0, 0.05) is 31.7 Å². The van der Waals surface area contributed by atoms with Crippen molar-refractivity contribution in [3.05, 3.63) is 29.8 Å². The number of hydrogen-bond acceptors (Lipinski definition) is 3. The zero-order valence-electron chi connectivity index (χ0n) is 14.5. The van der Waals surface area contributed by atoms with Crippen LogP contribution in [0.1, 0.15) is 31.7 Å². The van der Waals surface area contributed by atoms with Gasteiger partial charge < -0.3 is 14.9 Å². The van der Waals surface area contributed by atoms with Crippen LogP contribution < -0.4 is 4.90 Å². The summed E-state index contributed by atoms with van der Waals surface area (Å²) in [5.74, 6) is -1.53. The van der Waals surface area contributed by atoms with Gasteiger partial charge in [-0.15, -0.1) is 0 Å². The van der Waals surface area contributed by atoms with Crippen LogP contribution in [0.3, 0.4) is 0 Å². The molecule has 0 saturated carbocycles. The van der Waals surface area contributed by atoms with Crippen LogP contribution in [0, 0.1) is 11.8 Å². The quantitative estimate of drug-likeness (QED) is 0.905. The fourth-order valence-corrected chi connectivity index (χ4v) is 3.64. The van der Waals surface area contributed by atoms with Gasteiger partial charge >= 0.3 is 5.97 Å². The van der Waals surface area contributed by atoms with E-state index in [1.807, 2.05) is 24.3 Å². The SMILES string of the molecule is CCc1ccc(N2C[C@@H](C(=O)N3CCC(C(=O)O)CC3)CC2=O)cc1. The first kappa shape index (κ1) is 17.5. The van der Waals surface area contributed by atoms with Crippen molar-refractivity contribution in [1.29, 1.82) is 0 Å². The molecular formula is C19H24N2O4. The van der Waals surface area contributed by atoms with Crippen LogP contribution in [0.25, 0.3) is 0 Å². The first-order valence-electron chi connectivity index (χ1n) is 8.90. The summed E-state index contributed by atoms with van der Waals surface area (Å²) < 4.78 is 0. The molecule has 25 heavy (non-hydrogen) atoms. The lowest BCUT2D eigenvalue weighted by Crippen LogP contribution is -2.43. The molecule has 1 N–H and O–H groups in total. The molecule has 0 bridgehead atoms. The molecule has 1 aromatic carbocycles. The molecule has 134 valence electrons. The number of nitrogens with zero attached hydrogens (tertiary/aromatic N) is 2. The van der Waals surface area contributed by atoms with E-state index in [0.717, 1.165) is 12.1 Å². The third kappa shape index (κ3) is 3.67. The zero-order valence-corrected chi connectivity index (χ0v) is 14.5. The van der Waals surface area contributed by atoms with Crippen LogP contribution in [-0.4, -0.2) is 47.4 Å². The number of benzene rings is 1. The molecule has 0 aromatic heterocycles. The summed E-state index contributed by atoms with van der Waals surface area (Å²) in [7, 11) is 0. The van der Waals surface area contributed by atoms with E-state index < -0.39 is 5.97 Å². The van der Waals surface area contributed by atoms with Crippen LogP contribution in [-0.2, 0) is 20.8 Å². The van der Waals surface area contributed by atoms with Gasteiger partial charge in [-0.1, -0.05) is 19.1 Å². The van der Waals surface area contributed by atoms with Crippen LogP contribution in [0.2, 0.25) is 0 Å². The lowest BCUT2D eigenvalue weighted by atomic mass is 9.95. The van der Waals surface area contributed by atoms with Gasteiger partial charge in [0.1, 0.15) is 0 Å². The maximum Gasteiger partial charge on any atom is 0.306 e. The summed E-state index contributed by atoms with van der Waals surface area (Å²) in [4.78, 5) is 39.5. The molecule has 6 heteroatoms. The minimum absolute atomic E-state index is 0.0233. The summed E-state index contributed by atoms with van der Waals surface area (Å²) in [6.45, 7) is 3.41. The van der Waals surface area contributed by atoms with Crippen molar-refractivity contribution in [3.63, 3.8) is 0 Å². The van der Waals surface area contributed by atoms with Crippen molar-refractivity contribution in [2.24, 2.45) is 11.8 Å². The van der Waals surface area contributed by atoms with E-state index in [1.54, 1.807) is 9.80 Å². The molecule has 6 nitrogen and oxygen atoms in total. The number of amides is 2. The van der Waals surface area contributed by atoms with Crippen molar-refractivity contribution in [2.45, 2.75) is 32.6 Å². The Kier molecular flexibility index (Phi) is 5.06. The average molecular weight is 344 g/mol. The van der Waals surface area contributed by atoms with E-state index in [4.69, 9.17) is 5.11 Å². The van der Waals surface area contributed by atoms with Crippen LogP contribution in [0.5, 0.6) is 0 Å². The molecule has 0 radical (unpaired) electrons. The first-order chi connectivity index (χ1) is 12.0. The normalized spacial score (nSPS) is 21.6. The molecule has 0 spiro atoms. The second kappa shape index (κ2) is 7.25. The van der Waals surface area contributed by atoms with Gasteiger partial charge in [-0.3, -0.25) is 14.4 Å². The molecule has 2 fully saturated rings. The third-order valence-electron chi connectivity index (χ3n) is 5.29. The van der Waals surface area contributed by atoms with E-state index in [-0.39, 0.29) is 30.1 Å².